The number of rotatable bonds is 3. The number of nitrogens with one attached hydrogen (secondary N) is 1. The Morgan fingerprint density at radius 3 is 2.80 bits per heavy atom. The van der Waals surface area contributed by atoms with E-state index in [2.05, 4.69) is 16.4 Å². The molecule has 4 heteroatoms. The van der Waals surface area contributed by atoms with Crippen molar-refractivity contribution in [3.63, 3.8) is 0 Å². The second-order valence-corrected chi connectivity index (χ2v) is 5.46. The highest BCUT2D eigenvalue weighted by Crippen LogP contribution is 2.40. The van der Waals surface area contributed by atoms with Crippen LogP contribution >= 0.6 is 11.6 Å². The SMILES string of the molecule is Cc1cccc(Nc2nc(C3CC3)ccc2C#N)c1Cl. The van der Waals surface area contributed by atoms with Crippen LogP contribution in [0.2, 0.25) is 5.02 Å². The molecular weight excluding hydrogens is 270 g/mol. The molecule has 0 aliphatic heterocycles. The molecule has 1 aliphatic rings. The standard InChI is InChI=1S/C16H14ClN3/c1-10-3-2-4-14(15(10)17)20-16-12(9-18)7-8-13(19-16)11-5-6-11/h2-4,7-8,11H,5-6H2,1H3,(H,19,20). The summed E-state index contributed by atoms with van der Waals surface area (Å²) in [4.78, 5) is 4.58. The van der Waals surface area contributed by atoms with E-state index in [-0.39, 0.29) is 0 Å². The van der Waals surface area contributed by atoms with E-state index in [1.54, 1.807) is 0 Å². The zero-order chi connectivity index (χ0) is 14.1. The van der Waals surface area contributed by atoms with Crippen LogP contribution in [0.4, 0.5) is 11.5 Å². The summed E-state index contributed by atoms with van der Waals surface area (Å²) in [5.41, 5.74) is 3.36. The maximum atomic E-state index is 9.20. The van der Waals surface area contributed by atoms with E-state index in [9.17, 15) is 5.26 Å². The third kappa shape index (κ3) is 2.48. The first kappa shape index (κ1) is 13.0. The van der Waals surface area contributed by atoms with Gasteiger partial charge in [0.25, 0.3) is 0 Å². The maximum Gasteiger partial charge on any atom is 0.148 e. The molecule has 0 saturated heterocycles. The van der Waals surface area contributed by atoms with E-state index in [4.69, 9.17) is 11.6 Å². The van der Waals surface area contributed by atoms with E-state index < -0.39 is 0 Å². The van der Waals surface area contributed by atoms with Gasteiger partial charge in [-0.2, -0.15) is 5.26 Å². The van der Waals surface area contributed by atoms with Crippen molar-refractivity contribution in [3.05, 3.63) is 52.2 Å². The fourth-order valence-electron chi connectivity index (χ4n) is 2.14. The Labute approximate surface area is 123 Å². The zero-order valence-electron chi connectivity index (χ0n) is 11.2. The zero-order valence-corrected chi connectivity index (χ0v) is 11.9. The first-order valence-electron chi connectivity index (χ1n) is 6.62. The van der Waals surface area contributed by atoms with Gasteiger partial charge in [-0.15, -0.1) is 0 Å². The smallest absolute Gasteiger partial charge is 0.148 e. The summed E-state index contributed by atoms with van der Waals surface area (Å²) in [6, 6.07) is 11.7. The van der Waals surface area contributed by atoms with Crippen molar-refractivity contribution < 1.29 is 0 Å². The fourth-order valence-corrected chi connectivity index (χ4v) is 2.31. The Bertz CT molecular complexity index is 699. The lowest BCUT2D eigenvalue weighted by Gasteiger charge is -2.11. The number of aryl methyl sites for hydroxylation is 1. The van der Waals surface area contributed by atoms with Crippen molar-refractivity contribution in [2.75, 3.05) is 5.32 Å². The van der Waals surface area contributed by atoms with Gasteiger partial charge in [0.05, 0.1) is 16.3 Å². The molecule has 2 aromatic rings. The minimum Gasteiger partial charge on any atom is -0.338 e. The van der Waals surface area contributed by atoms with Gasteiger partial charge in [-0.1, -0.05) is 23.7 Å². The van der Waals surface area contributed by atoms with E-state index in [1.807, 2.05) is 37.3 Å². The number of aromatic nitrogens is 1. The molecule has 100 valence electrons. The Hall–Kier alpha value is -2.05. The molecule has 1 saturated carbocycles. The number of halogens is 1. The summed E-state index contributed by atoms with van der Waals surface area (Å²) in [7, 11) is 0. The maximum absolute atomic E-state index is 9.20. The van der Waals surface area contributed by atoms with Crippen molar-refractivity contribution in [2.24, 2.45) is 0 Å². The second-order valence-electron chi connectivity index (χ2n) is 5.08. The van der Waals surface area contributed by atoms with E-state index in [1.165, 1.54) is 12.8 Å². The number of pyridine rings is 1. The lowest BCUT2D eigenvalue weighted by atomic mass is 10.2. The Morgan fingerprint density at radius 2 is 2.10 bits per heavy atom. The van der Waals surface area contributed by atoms with Crippen LogP contribution in [-0.2, 0) is 0 Å². The summed E-state index contributed by atoms with van der Waals surface area (Å²) >= 11 is 6.28. The van der Waals surface area contributed by atoms with Crippen molar-refractivity contribution in [3.8, 4) is 6.07 Å². The molecule has 3 nitrogen and oxygen atoms in total. The molecule has 1 aromatic heterocycles. The number of nitrogens with zero attached hydrogens (tertiary/aromatic N) is 2. The highest BCUT2D eigenvalue weighted by molar-refractivity contribution is 6.34. The molecule has 1 fully saturated rings. The summed E-state index contributed by atoms with van der Waals surface area (Å²) in [5.74, 6) is 1.14. The predicted molar refractivity (Wildman–Crippen MR) is 80.4 cm³/mol. The van der Waals surface area contributed by atoms with Gasteiger partial charge in [0, 0.05) is 11.6 Å². The number of hydrogen-bond donors (Lipinski definition) is 1. The molecule has 0 unspecified atom stereocenters. The van der Waals surface area contributed by atoms with Crippen LogP contribution < -0.4 is 5.32 Å². The lowest BCUT2D eigenvalue weighted by molar-refractivity contribution is 1.02. The molecule has 0 bridgehead atoms. The molecule has 3 rings (SSSR count). The molecule has 1 heterocycles. The van der Waals surface area contributed by atoms with Gasteiger partial charge in [-0.25, -0.2) is 4.98 Å². The van der Waals surface area contributed by atoms with Crippen LogP contribution in [0, 0.1) is 18.3 Å². The molecule has 1 aliphatic carbocycles. The number of nitriles is 1. The van der Waals surface area contributed by atoms with Crippen molar-refractivity contribution in [1.82, 2.24) is 4.98 Å². The van der Waals surface area contributed by atoms with E-state index in [0.29, 0.717) is 22.3 Å². The summed E-state index contributed by atoms with van der Waals surface area (Å²) < 4.78 is 0. The quantitative estimate of drug-likeness (QED) is 0.900. The van der Waals surface area contributed by atoms with Gasteiger partial charge in [-0.05, 0) is 43.5 Å². The predicted octanol–water partition coefficient (Wildman–Crippen LogP) is 4.54. The normalized spacial score (nSPS) is 13.8. The molecule has 20 heavy (non-hydrogen) atoms. The molecular formula is C16H14ClN3. The van der Waals surface area contributed by atoms with Gasteiger partial charge in [-0.3, -0.25) is 0 Å². The van der Waals surface area contributed by atoms with Crippen molar-refractivity contribution in [1.29, 1.82) is 5.26 Å². The first-order chi connectivity index (χ1) is 9.69. The van der Waals surface area contributed by atoms with Gasteiger partial charge in [0.1, 0.15) is 11.9 Å². The third-order valence-electron chi connectivity index (χ3n) is 3.48. The van der Waals surface area contributed by atoms with E-state index >= 15 is 0 Å². The number of benzene rings is 1. The molecule has 1 N–H and O–H groups in total. The molecule has 0 atom stereocenters. The Balaban J connectivity index is 1.98. The largest absolute Gasteiger partial charge is 0.338 e. The minimum absolute atomic E-state index is 0.534. The van der Waals surface area contributed by atoms with Crippen LogP contribution in [0.1, 0.15) is 35.6 Å². The monoisotopic (exact) mass is 283 g/mol. The van der Waals surface area contributed by atoms with Crippen LogP contribution in [-0.4, -0.2) is 4.98 Å². The van der Waals surface area contributed by atoms with Gasteiger partial charge >= 0.3 is 0 Å². The van der Waals surface area contributed by atoms with Crippen LogP contribution in [0.3, 0.4) is 0 Å². The highest BCUT2D eigenvalue weighted by Gasteiger charge is 2.25. The first-order valence-corrected chi connectivity index (χ1v) is 7.00. The average Bonchev–Trinajstić information content (AvgIpc) is 3.28. The fraction of sp³-hybridized carbons (Fsp3) is 0.250. The average molecular weight is 284 g/mol. The number of anilines is 2. The second kappa shape index (κ2) is 5.15. The lowest BCUT2D eigenvalue weighted by Crippen LogP contribution is -2.00. The molecule has 0 spiro atoms. The highest BCUT2D eigenvalue weighted by atomic mass is 35.5. The van der Waals surface area contributed by atoms with Gasteiger partial charge in [0.2, 0.25) is 0 Å². The van der Waals surface area contributed by atoms with Crippen LogP contribution in [0.5, 0.6) is 0 Å². The minimum atomic E-state index is 0.534. The summed E-state index contributed by atoms with van der Waals surface area (Å²) in [5, 5.41) is 13.1. The number of hydrogen-bond acceptors (Lipinski definition) is 3. The topological polar surface area (TPSA) is 48.7 Å². The molecule has 0 radical (unpaired) electrons. The summed E-state index contributed by atoms with van der Waals surface area (Å²) in [6.07, 6.45) is 2.37. The summed E-state index contributed by atoms with van der Waals surface area (Å²) in [6.45, 7) is 1.95. The van der Waals surface area contributed by atoms with Gasteiger partial charge in [0.15, 0.2) is 0 Å². The Kier molecular flexibility index (Phi) is 3.33. The Morgan fingerprint density at radius 1 is 1.30 bits per heavy atom. The third-order valence-corrected chi connectivity index (χ3v) is 3.98. The molecule has 1 aromatic carbocycles. The van der Waals surface area contributed by atoms with Gasteiger partial charge < -0.3 is 5.32 Å². The molecule has 0 amide bonds. The van der Waals surface area contributed by atoms with Crippen LogP contribution in [0.15, 0.2) is 30.3 Å². The van der Waals surface area contributed by atoms with Crippen LogP contribution in [0.25, 0.3) is 0 Å². The van der Waals surface area contributed by atoms with Crippen molar-refractivity contribution in [2.45, 2.75) is 25.7 Å². The van der Waals surface area contributed by atoms with Crippen molar-refractivity contribution >= 4 is 23.1 Å². The van der Waals surface area contributed by atoms with E-state index in [0.717, 1.165) is 16.9 Å².